The quantitative estimate of drug-likeness (QED) is 0.907. The fraction of sp³-hybridized carbons (Fsp3) is 0.583. The van der Waals surface area contributed by atoms with Crippen LogP contribution in [-0.4, -0.2) is 45.1 Å². The number of hydrogen-bond acceptors (Lipinski definition) is 4. The van der Waals surface area contributed by atoms with Crippen molar-refractivity contribution in [1.82, 2.24) is 9.62 Å². The second kappa shape index (κ2) is 6.15. The van der Waals surface area contributed by atoms with Crippen LogP contribution in [0, 0.1) is 5.92 Å². The van der Waals surface area contributed by atoms with Gasteiger partial charge in [-0.3, -0.25) is 4.79 Å². The topological polar surface area (TPSA) is 79.6 Å². The van der Waals surface area contributed by atoms with E-state index in [0.717, 1.165) is 19.1 Å². The summed E-state index contributed by atoms with van der Waals surface area (Å²) in [6.45, 7) is 1.51. The lowest BCUT2D eigenvalue weighted by molar-refractivity contribution is 0.0644. The molecule has 0 bridgehead atoms. The third-order valence-electron chi connectivity index (χ3n) is 3.22. The molecule has 1 aromatic heterocycles. The number of amides is 1. The van der Waals surface area contributed by atoms with Gasteiger partial charge < -0.3 is 9.32 Å². The Labute approximate surface area is 123 Å². The maximum absolute atomic E-state index is 12.2. The zero-order valence-corrected chi connectivity index (χ0v) is 12.7. The lowest BCUT2D eigenvalue weighted by Crippen LogP contribution is -2.43. The normalized spacial score (nSPS) is 20.1. The van der Waals surface area contributed by atoms with Crippen molar-refractivity contribution in [3.8, 4) is 0 Å². The highest BCUT2D eigenvalue weighted by Crippen LogP contribution is 2.20. The first-order chi connectivity index (χ1) is 9.35. The number of piperidine rings is 1. The lowest BCUT2D eigenvalue weighted by Gasteiger charge is -2.32. The highest BCUT2D eigenvalue weighted by atomic mass is 35.5. The molecule has 1 aliphatic rings. The summed E-state index contributed by atoms with van der Waals surface area (Å²) in [7, 11) is -3.20. The molecule has 1 aliphatic heterocycles. The van der Waals surface area contributed by atoms with Gasteiger partial charge in [-0.1, -0.05) is 0 Å². The molecule has 1 amide bonds. The van der Waals surface area contributed by atoms with E-state index in [9.17, 15) is 13.2 Å². The van der Waals surface area contributed by atoms with Crippen LogP contribution in [0.25, 0.3) is 0 Å². The second-order valence-corrected chi connectivity index (χ2v) is 7.19. The van der Waals surface area contributed by atoms with E-state index in [0.29, 0.717) is 19.6 Å². The summed E-state index contributed by atoms with van der Waals surface area (Å²) in [5.41, 5.74) is 0. The molecule has 0 radical (unpaired) electrons. The van der Waals surface area contributed by atoms with E-state index in [2.05, 4.69) is 4.72 Å². The average Bonchev–Trinajstić information content (AvgIpc) is 2.82. The van der Waals surface area contributed by atoms with Gasteiger partial charge in [0, 0.05) is 19.6 Å². The molecule has 112 valence electrons. The van der Waals surface area contributed by atoms with Gasteiger partial charge in [0.2, 0.25) is 10.0 Å². The maximum Gasteiger partial charge on any atom is 0.289 e. The first-order valence-electron chi connectivity index (χ1n) is 6.34. The zero-order valence-electron chi connectivity index (χ0n) is 11.1. The Balaban J connectivity index is 1.94. The van der Waals surface area contributed by atoms with E-state index < -0.39 is 10.0 Å². The SMILES string of the molecule is CS(=O)(=O)NCC1CCCN(C(=O)c2ccc(Cl)o2)C1. The number of carbonyl (C=O) groups excluding carboxylic acids is 1. The molecule has 0 aromatic carbocycles. The maximum atomic E-state index is 12.2. The van der Waals surface area contributed by atoms with Gasteiger partial charge in [-0.25, -0.2) is 13.1 Å². The van der Waals surface area contributed by atoms with Crippen molar-refractivity contribution in [1.29, 1.82) is 0 Å². The van der Waals surface area contributed by atoms with Crippen molar-refractivity contribution >= 4 is 27.5 Å². The summed E-state index contributed by atoms with van der Waals surface area (Å²) in [6, 6.07) is 3.07. The molecule has 1 fully saturated rings. The van der Waals surface area contributed by atoms with Crippen molar-refractivity contribution in [2.45, 2.75) is 12.8 Å². The molecule has 1 aromatic rings. The summed E-state index contributed by atoms with van der Waals surface area (Å²) < 4.78 is 29.8. The second-order valence-electron chi connectivity index (χ2n) is 4.98. The van der Waals surface area contributed by atoms with Crippen molar-refractivity contribution < 1.29 is 17.6 Å². The average molecular weight is 321 g/mol. The minimum absolute atomic E-state index is 0.118. The highest BCUT2D eigenvalue weighted by molar-refractivity contribution is 7.88. The molecule has 0 aliphatic carbocycles. The molecular weight excluding hydrogens is 304 g/mol. The molecule has 1 N–H and O–H groups in total. The number of nitrogens with one attached hydrogen (secondary N) is 1. The van der Waals surface area contributed by atoms with Crippen molar-refractivity contribution in [3.05, 3.63) is 23.1 Å². The van der Waals surface area contributed by atoms with Crippen LogP contribution in [0.2, 0.25) is 5.22 Å². The smallest absolute Gasteiger partial charge is 0.289 e. The van der Waals surface area contributed by atoms with Gasteiger partial charge in [0.1, 0.15) is 0 Å². The molecule has 0 saturated carbocycles. The number of furan rings is 1. The van der Waals surface area contributed by atoms with Crippen LogP contribution in [0.3, 0.4) is 0 Å². The summed E-state index contributed by atoms with van der Waals surface area (Å²) >= 11 is 5.66. The van der Waals surface area contributed by atoms with E-state index in [1.807, 2.05) is 0 Å². The molecule has 2 heterocycles. The Morgan fingerprint density at radius 2 is 2.30 bits per heavy atom. The van der Waals surface area contributed by atoms with Crippen LogP contribution in [-0.2, 0) is 10.0 Å². The van der Waals surface area contributed by atoms with E-state index in [1.54, 1.807) is 11.0 Å². The lowest BCUT2D eigenvalue weighted by atomic mass is 9.98. The van der Waals surface area contributed by atoms with E-state index in [4.69, 9.17) is 16.0 Å². The van der Waals surface area contributed by atoms with Gasteiger partial charge >= 0.3 is 0 Å². The summed E-state index contributed by atoms with van der Waals surface area (Å²) in [5.74, 6) is 0.125. The van der Waals surface area contributed by atoms with Crippen LogP contribution in [0.1, 0.15) is 23.4 Å². The van der Waals surface area contributed by atoms with Crippen LogP contribution in [0.4, 0.5) is 0 Å². The van der Waals surface area contributed by atoms with Gasteiger partial charge in [0.05, 0.1) is 6.26 Å². The Morgan fingerprint density at radius 1 is 1.55 bits per heavy atom. The Hall–Kier alpha value is -1.05. The third-order valence-corrected chi connectivity index (χ3v) is 4.12. The van der Waals surface area contributed by atoms with Gasteiger partial charge in [-0.15, -0.1) is 0 Å². The Kier molecular flexibility index (Phi) is 4.72. The Morgan fingerprint density at radius 3 is 2.90 bits per heavy atom. The molecule has 8 heteroatoms. The van der Waals surface area contributed by atoms with Gasteiger partial charge in [0.15, 0.2) is 11.0 Å². The molecule has 2 rings (SSSR count). The number of likely N-dealkylation sites (tertiary alicyclic amines) is 1. The third kappa shape index (κ3) is 4.22. The summed E-state index contributed by atoms with van der Waals surface area (Å²) in [4.78, 5) is 13.9. The predicted octanol–water partition coefficient (Wildman–Crippen LogP) is 1.33. The van der Waals surface area contributed by atoms with Crippen LogP contribution < -0.4 is 4.72 Å². The fourth-order valence-corrected chi connectivity index (χ4v) is 2.95. The summed E-state index contributed by atoms with van der Waals surface area (Å²) in [5, 5.41) is 0.181. The predicted molar refractivity (Wildman–Crippen MR) is 75.2 cm³/mol. The number of hydrogen-bond donors (Lipinski definition) is 1. The van der Waals surface area contributed by atoms with Crippen molar-refractivity contribution in [3.63, 3.8) is 0 Å². The minimum atomic E-state index is -3.20. The van der Waals surface area contributed by atoms with Gasteiger partial charge in [-0.2, -0.15) is 0 Å². The molecule has 20 heavy (non-hydrogen) atoms. The van der Waals surface area contributed by atoms with Gasteiger partial charge in [0.25, 0.3) is 5.91 Å². The largest absolute Gasteiger partial charge is 0.440 e. The molecule has 0 spiro atoms. The monoisotopic (exact) mass is 320 g/mol. The highest BCUT2D eigenvalue weighted by Gasteiger charge is 2.26. The van der Waals surface area contributed by atoms with E-state index in [-0.39, 0.29) is 22.8 Å². The number of sulfonamides is 1. The van der Waals surface area contributed by atoms with Crippen LogP contribution in [0.15, 0.2) is 16.5 Å². The molecule has 1 unspecified atom stereocenters. The first-order valence-corrected chi connectivity index (χ1v) is 8.61. The van der Waals surface area contributed by atoms with Gasteiger partial charge in [-0.05, 0) is 42.5 Å². The van der Waals surface area contributed by atoms with Crippen LogP contribution >= 0.6 is 11.6 Å². The van der Waals surface area contributed by atoms with E-state index >= 15 is 0 Å². The van der Waals surface area contributed by atoms with Crippen molar-refractivity contribution in [2.75, 3.05) is 25.9 Å². The molecule has 6 nitrogen and oxygen atoms in total. The van der Waals surface area contributed by atoms with Crippen LogP contribution in [0.5, 0.6) is 0 Å². The summed E-state index contributed by atoms with van der Waals surface area (Å²) in [6.07, 6.45) is 2.87. The fourth-order valence-electron chi connectivity index (χ4n) is 2.27. The standard InChI is InChI=1S/C12H17ClN2O4S/c1-20(17,18)14-7-9-3-2-6-15(8-9)12(16)10-4-5-11(13)19-10/h4-5,9,14H,2-3,6-8H2,1H3. The number of halogens is 1. The number of carbonyl (C=O) groups is 1. The molecule has 1 atom stereocenters. The zero-order chi connectivity index (χ0) is 14.8. The van der Waals surface area contributed by atoms with Crippen molar-refractivity contribution in [2.24, 2.45) is 5.92 Å². The number of nitrogens with zero attached hydrogens (tertiary/aromatic N) is 1. The first kappa shape index (κ1) is 15.3. The Bertz CT molecular complexity index is 584. The minimum Gasteiger partial charge on any atom is -0.440 e. The molecule has 1 saturated heterocycles. The number of rotatable bonds is 4. The molecular formula is C12H17ClN2O4S. The van der Waals surface area contributed by atoms with E-state index in [1.165, 1.54) is 6.07 Å².